The standard InChI is InChI=1S/C10H8N2O2/c1-6(14)7-2-3-8-9(4-7)12-10(5-13)11-8/h2-5H,1H3,(H,11,12). The zero-order valence-electron chi connectivity index (χ0n) is 7.57. The Morgan fingerprint density at radius 3 is 2.93 bits per heavy atom. The summed E-state index contributed by atoms with van der Waals surface area (Å²) in [5.74, 6) is 0.273. The van der Waals surface area contributed by atoms with Crippen molar-refractivity contribution in [1.82, 2.24) is 9.97 Å². The number of carbonyl (C=O) groups is 2. The van der Waals surface area contributed by atoms with Crippen molar-refractivity contribution in [2.24, 2.45) is 0 Å². The summed E-state index contributed by atoms with van der Waals surface area (Å²) in [7, 11) is 0. The number of imidazole rings is 1. The van der Waals surface area contributed by atoms with E-state index >= 15 is 0 Å². The Morgan fingerprint density at radius 1 is 1.50 bits per heavy atom. The van der Waals surface area contributed by atoms with E-state index in [9.17, 15) is 9.59 Å². The third-order valence-corrected chi connectivity index (χ3v) is 2.02. The molecule has 4 nitrogen and oxygen atoms in total. The Kier molecular flexibility index (Phi) is 1.89. The van der Waals surface area contributed by atoms with Crippen LogP contribution in [-0.4, -0.2) is 22.0 Å². The molecule has 0 aliphatic carbocycles. The molecule has 4 heteroatoms. The van der Waals surface area contributed by atoms with Gasteiger partial charge in [0.25, 0.3) is 0 Å². The number of fused-ring (bicyclic) bond motifs is 1. The maximum absolute atomic E-state index is 11.1. The van der Waals surface area contributed by atoms with Crippen molar-refractivity contribution in [3.05, 3.63) is 29.6 Å². The lowest BCUT2D eigenvalue weighted by Gasteiger charge is -1.93. The summed E-state index contributed by atoms with van der Waals surface area (Å²) in [6.07, 6.45) is 0.646. The molecule has 0 radical (unpaired) electrons. The van der Waals surface area contributed by atoms with Crippen LogP contribution in [0, 0.1) is 0 Å². The van der Waals surface area contributed by atoms with E-state index in [2.05, 4.69) is 9.97 Å². The van der Waals surface area contributed by atoms with Crippen molar-refractivity contribution in [1.29, 1.82) is 0 Å². The van der Waals surface area contributed by atoms with Gasteiger partial charge < -0.3 is 4.98 Å². The Bertz CT molecular complexity index is 514. The molecule has 0 bridgehead atoms. The molecule has 2 rings (SSSR count). The van der Waals surface area contributed by atoms with Crippen LogP contribution in [0.4, 0.5) is 0 Å². The fourth-order valence-corrected chi connectivity index (χ4v) is 1.30. The van der Waals surface area contributed by atoms with E-state index in [1.807, 2.05) is 0 Å². The first kappa shape index (κ1) is 8.62. The molecular formula is C10H8N2O2. The molecule has 0 saturated carbocycles. The summed E-state index contributed by atoms with van der Waals surface area (Å²) < 4.78 is 0. The van der Waals surface area contributed by atoms with Gasteiger partial charge in [-0.25, -0.2) is 4.98 Å². The second kappa shape index (κ2) is 3.06. The number of carbonyl (C=O) groups excluding carboxylic acids is 2. The number of aldehydes is 1. The van der Waals surface area contributed by atoms with Crippen molar-refractivity contribution >= 4 is 23.1 Å². The molecule has 0 spiro atoms. The highest BCUT2D eigenvalue weighted by molar-refractivity contribution is 5.97. The fraction of sp³-hybridized carbons (Fsp3) is 0.100. The van der Waals surface area contributed by atoms with Crippen molar-refractivity contribution in [3.63, 3.8) is 0 Å². The molecule has 0 amide bonds. The zero-order valence-corrected chi connectivity index (χ0v) is 7.57. The van der Waals surface area contributed by atoms with Gasteiger partial charge in [0.1, 0.15) is 0 Å². The largest absolute Gasteiger partial charge is 0.336 e. The lowest BCUT2D eigenvalue weighted by molar-refractivity contribution is 0.101. The minimum Gasteiger partial charge on any atom is -0.336 e. The Labute approximate surface area is 80.0 Å². The number of benzene rings is 1. The molecule has 0 aliphatic rings. The van der Waals surface area contributed by atoms with E-state index in [0.717, 1.165) is 0 Å². The Hall–Kier alpha value is -1.97. The molecule has 0 atom stereocenters. The summed E-state index contributed by atoms with van der Waals surface area (Å²) in [4.78, 5) is 28.3. The van der Waals surface area contributed by atoms with Gasteiger partial charge in [-0.1, -0.05) is 0 Å². The maximum Gasteiger partial charge on any atom is 0.185 e. The highest BCUT2D eigenvalue weighted by Gasteiger charge is 2.04. The van der Waals surface area contributed by atoms with Crippen LogP contribution in [-0.2, 0) is 0 Å². The SMILES string of the molecule is CC(=O)c1ccc2nc(C=O)[nH]c2c1. The number of ketones is 1. The number of hydrogen-bond donors (Lipinski definition) is 1. The summed E-state index contributed by atoms with van der Waals surface area (Å²) in [5, 5.41) is 0. The molecule has 2 aromatic rings. The topological polar surface area (TPSA) is 62.8 Å². The number of aromatic amines is 1. The van der Waals surface area contributed by atoms with Gasteiger partial charge >= 0.3 is 0 Å². The molecule has 1 aromatic heterocycles. The minimum atomic E-state index is -0.00541. The monoisotopic (exact) mass is 188 g/mol. The van der Waals surface area contributed by atoms with Crippen molar-refractivity contribution < 1.29 is 9.59 Å². The molecule has 1 heterocycles. The molecule has 70 valence electrons. The quantitative estimate of drug-likeness (QED) is 0.574. The maximum atomic E-state index is 11.1. The van der Waals surface area contributed by atoms with Gasteiger partial charge in [0, 0.05) is 5.56 Å². The van der Waals surface area contributed by atoms with Crippen molar-refractivity contribution in [3.8, 4) is 0 Å². The number of nitrogens with one attached hydrogen (secondary N) is 1. The number of rotatable bonds is 2. The highest BCUT2D eigenvalue weighted by Crippen LogP contribution is 2.13. The smallest absolute Gasteiger partial charge is 0.185 e. The average molecular weight is 188 g/mol. The fourth-order valence-electron chi connectivity index (χ4n) is 1.30. The first-order chi connectivity index (χ1) is 6.70. The number of nitrogens with zero attached hydrogens (tertiary/aromatic N) is 1. The number of hydrogen-bond acceptors (Lipinski definition) is 3. The molecule has 0 aliphatic heterocycles. The van der Waals surface area contributed by atoms with E-state index in [1.54, 1.807) is 18.2 Å². The summed E-state index contributed by atoms with van der Waals surface area (Å²) in [6.45, 7) is 1.50. The Balaban J connectivity index is 2.65. The molecular weight excluding hydrogens is 180 g/mol. The van der Waals surface area contributed by atoms with Crippen LogP contribution < -0.4 is 0 Å². The van der Waals surface area contributed by atoms with Crippen LogP contribution >= 0.6 is 0 Å². The van der Waals surface area contributed by atoms with Gasteiger partial charge in [0.15, 0.2) is 17.9 Å². The van der Waals surface area contributed by atoms with Crippen molar-refractivity contribution in [2.45, 2.75) is 6.92 Å². The van der Waals surface area contributed by atoms with Gasteiger partial charge in [-0.15, -0.1) is 0 Å². The van der Waals surface area contributed by atoms with Gasteiger partial charge in [-0.2, -0.15) is 0 Å². The summed E-state index contributed by atoms with van der Waals surface area (Å²) in [5.41, 5.74) is 2.01. The van der Waals surface area contributed by atoms with Gasteiger partial charge in [0.05, 0.1) is 11.0 Å². The van der Waals surface area contributed by atoms with Crippen LogP contribution in [0.2, 0.25) is 0 Å². The van der Waals surface area contributed by atoms with Gasteiger partial charge in [-0.3, -0.25) is 9.59 Å². The molecule has 14 heavy (non-hydrogen) atoms. The molecule has 0 saturated heterocycles. The summed E-state index contributed by atoms with van der Waals surface area (Å²) >= 11 is 0. The third kappa shape index (κ3) is 1.31. The normalized spacial score (nSPS) is 10.4. The lowest BCUT2D eigenvalue weighted by atomic mass is 10.1. The zero-order chi connectivity index (χ0) is 10.1. The summed E-state index contributed by atoms with van der Waals surface area (Å²) in [6, 6.07) is 5.10. The van der Waals surface area contributed by atoms with Crippen LogP contribution in [0.5, 0.6) is 0 Å². The lowest BCUT2D eigenvalue weighted by Crippen LogP contribution is -1.90. The number of Topliss-reactive ketones (excluding diaryl/α,β-unsaturated/α-hetero) is 1. The van der Waals surface area contributed by atoms with Gasteiger partial charge in [0.2, 0.25) is 0 Å². The van der Waals surface area contributed by atoms with E-state index in [1.165, 1.54) is 6.92 Å². The number of aromatic nitrogens is 2. The molecule has 0 fully saturated rings. The van der Waals surface area contributed by atoms with Crippen LogP contribution in [0.1, 0.15) is 27.9 Å². The van der Waals surface area contributed by atoms with E-state index in [4.69, 9.17) is 0 Å². The second-order valence-corrected chi connectivity index (χ2v) is 3.03. The molecule has 0 unspecified atom stereocenters. The van der Waals surface area contributed by atoms with E-state index in [0.29, 0.717) is 22.9 Å². The van der Waals surface area contributed by atoms with Crippen LogP contribution in [0.15, 0.2) is 18.2 Å². The van der Waals surface area contributed by atoms with Crippen LogP contribution in [0.3, 0.4) is 0 Å². The van der Waals surface area contributed by atoms with E-state index in [-0.39, 0.29) is 11.6 Å². The van der Waals surface area contributed by atoms with Crippen LogP contribution in [0.25, 0.3) is 11.0 Å². The minimum absolute atomic E-state index is 0.00541. The van der Waals surface area contributed by atoms with Gasteiger partial charge in [-0.05, 0) is 25.1 Å². The molecule has 1 N–H and O–H groups in total. The first-order valence-electron chi connectivity index (χ1n) is 4.16. The second-order valence-electron chi connectivity index (χ2n) is 3.03. The van der Waals surface area contributed by atoms with E-state index < -0.39 is 0 Å². The molecule has 1 aromatic carbocycles. The van der Waals surface area contributed by atoms with Crippen molar-refractivity contribution in [2.75, 3.05) is 0 Å². The Morgan fingerprint density at radius 2 is 2.29 bits per heavy atom. The number of H-pyrrole nitrogens is 1. The third-order valence-electron chi connectivity index (χ3n) is 2.02. The highest BCUT2D eigenvalue weighted by atomic mass is 16.1. The predicted octanol–water partition coefficient (Wildman–Crippen LogP) is 1.58. The predicted molar refractivity (Wildman–Crippen MR) is 51.5 cm³/mol. The average Bonchev–Trinajstić information content (AvgIpc) is 2.58. The first-order valence-corrected chi connectivity index (χ1v) is 4.16.